The number of nitrogens with one attached hydrogen (secondary N) is 2. The maximum absolute atomic E-state index is 12.1. The Morgan fingerprint density at radius 3 is 2.87 bits per heavy atom. The molecule has 0 aromatic carbocycles. The van der Waals surface area contributed by atoms with Gasteiger partial charge >= 0.3 is 0 Å². The van der Waals surface area contributed by atoms with Crippen molar-refractivity contribution in [3.63, 3.8) is 0 Å². The van der Waals surface area contributed by atoms with Crippen LogP contribution in [0.5, 0.6) is 0 Å². The second kappa shape index (κ2) is 6.24. The van der Waals surface area contributed by atoms with Crippen molar-refractivity contribution in [2.24, 2.45) is 13.0 Å². The lowest BCUT2D eigenvalue weighted by Gasteiger charge is -2.07. The number of carbonyl (C=O) groups excluding carboxylic acids is 1. The molecule has 0 unspecified atom stereocenters. The van der Waals surface area contributed by atoms with Crippen LogP contribution in [0.25, 0.3) is 22.2 Å². The first kappa shape index (κ1) is 15.3. The van der Waals surface area contributed by atoms with Gasteiger partial charge in [0.05, 0.1) is 12.6 Å². The third-order valence-corrected chi connectivity index (χ3v) is 3.71. The molecule has 0 aliphatic heterocycles. The summed E-state index contributed by atoms with van der Waals surface area (Å²) in [6.45, 7) is 4.85. The number of hydrogen-bond donors (Lipinski definition) is 2. The summed E-state index contributed by atoms with van der Waals surface area (Å²) in [4.78, 5) is 19.6. The number of H-pyrrole nitrogens is 1. The fraction of sp³-hybridized carbons (Fsp3) is 0.353. The zero-order chi connectivity index (χ0) is 16.4. The van der Waals surface area contributed by atoms with Crippen molar-refractivity contribution in [2.45, 2.75) is 20.3 Å². The molecule has 3 aromatic rings. The van der Waals surface area contributed by atoms with Crippen LogP contribution in [0.1, 0.15) is 19.4 Å². The van der Waals surface area contributed by atoms with E-state index in [-0.39, 0.29) is 5.91 Å². The number of aromatic amines is 1. The van der Waals surface area contributed by atoms with E-state index in [1.807, 2.05) is 31.8 Å². The van der Waals surface area contributed by atoms with E-state index in [4.69, 9.17) is 0 Å². The van der Waals surface area contributed by atoms with E-state index in [1.54, 1.807) is 4.68 Å². The van der Waals surface area contributed by atoms with Gasteiger partial charge < -0.3 is 10.3 Å². The number of carbonyl (C=O) groups is 1. The third-order valence-electron chi connectivity index (χ3n) is 3.71. The van der Waals surface area contributed by atoms with E-state index in [1.165, 1.54) is 0 Å². The fourth-order valence-corrected chi connectivity index (χ4v) is 2.49. The maximum Gasteiger partial charge on any atom is 0.224 e. The number of rotatable bonds is 5. The Balaban J connectivity index is 1.85. The van der Waals surface area contributed by atoms with Gasteiger partial charge in [-0.1, -0.05) is 13.8 Å². The highest BCUT2D eigenvalue weighted by Crippen LogP contribution is 2.24. The van der Waals surface area contributed by atoms with Crippen molar-refractivity contribution in [3.8, 4) is 11.1 Å². The van der Waals surface area contributed by atoms with Gasteiger partial charge in [-0.2, -0.15) is 5.10 Å². The number of fused-ring (bicyclic) bond motifs is 1. The Bertz CT molecular complexity index is 830. The Labute approximate surface area is 134 Å². The number of hydrogen-bond acceptors (Lipinski definition) is 3. The summed E-state index contributed by atoms with van der Waals surface area (Å²) in [7, 11) is 1.89. The highest BCUT2D eigenvalue weighted by molar-refractivity contribution is 5.89. The SMILES string of the molecule is CC(C)CNC(=O)Cc1c[nH]c2ncc(-c3cnn(C)c3)cc12. The van der Waals surface area contributed by atoms with E-state index in [9.17, 15) is 4.79 Å². The molecule has 3 rings (SSSR count). The summed E-state index contributed by atoms with van der Waals surface area (Å²) >= 11 is 0. The lowest BCUT2D eigenvalue weighted by Crippen LogP contribution is -2.28. The molecule has 120 valence electrons. The van der Waals surface area contributed by atoms with Crippen LogP contribution in [0.2, 0.25) is 0 Å². The van der Waals surface area contributed by atoms with Gasteiger partial charge in [0.1, 0.15) is 5.65 Å². The topological polar surface area (TPSA) is 75.6 Å². The lowest BCUT2D eigenvalue weighted by molar-refractivity contribution is -0.120. The van der Waals surface area contributed by atoms with Gasteiger partial charge in [-0.3, -0.25) is 9.48 Å². The van der Waals surface area contributed by atoms with Crippen LogP contribution in [-0.2, 0) is 18.3 Å². The van der Waals surface area contributed by atoms with Gasteiger partial charge in [-0.25, -0.2) is 4.98 Å². The standard InChI is InChI=1S/C17H21N5O/c1-11(2)6-18-16(23)5-13-8-20-17-15(13)4-12(7-19-17)14-9-21-22(3)10-14/h4,7-11H,5-6H2,1-3H3,(H,18,23)(H,19,20). The molecule has 0 fully saturated rings. The molecule has 0 radical (unpaired) electrons. The predicted molar refractivity (Wildman–Crippen MR) is 89.8 cm³/mol. The first-order chi connectivity index (χ1) is 11.0. The molecule has 6 heteroatoms. The number of aryl methyl sites for hydroxylation is 1. The van der Waals surface area contributed by atoms with Crippen LogP contribution in [0.4, 0.5) is 0 Å². The molecular weight excluding hydrogens is 290 g/mol. The van der Waals surface area contributed by atoms with Crippen molar-refractivity contribution in [1.29, 1.82) is 0 Å². The Morgan fingerprint density at radius 2 is 2.17 bits per heavy atom. The normalized spacial score (nSPS) is 11.3. The molecule has 3 heterocycles. The molecular formula is C17H21N5O. The van der Waals surface area contributed by atoms with Crippen molar-refractivity contribution < 1.29 is 4.79 Å². The molecule has 0 aliphatic carbocycles. The molecule has 0 saturated carbocycles. The molecule has 0 bridgehead atoms. The average molecular weight is 311 g/mol. The van der Waals surface area contributed by atoms with Gasteiger partial charge in [0.15, 0.2) is 0 Å². The first-order valence-electron chi connectivity index (χ1n) is 7.74. The van der Waals surface area contributed by atoms with Gasteiger partial charge in [-0.05, 0) is 17.5 Å². The van der Waals surface area contributed by atoms with Crippen LogP contribution in [0.15, 0.2) is 30.9 Å². The molecule has 3 aromatic heterocycles. The summed E-state index contributed by atoms with van der Waals surface area (Å²) in [6.07, 6.45) is 7.79. The lowest BCUT2D eigenvalue weighted by atomic mass is 10.1. The highest BCUT2D eigenvalue weighted by atomic mass is 16.1. The third kappa shape index (κ3) is 3.41. The Kier molecular flexibility index (Phi) is 4.14. The fourth-order valence-electron chi connectivity index (χ4n) is 2.49. The Morgan fingerprint density at radius 1 is 1.35 bits per heavy atom. The summed E-state index contributed by atoms with van der Waals surface area (Å²) in [5.74, 6) is 0.479. The number of aromatic nitrogens is 4. The van der Waals surface area contributed by atoms with E-state index in [0.29, 0.717) is 18.9 Å². The molecule has 1 amide bonds. The quantitative estimate of drug-likeness (QED) is 0.759. The summed E-state index contributed by atoms with van der Waals surface area (Å²) < 4.78 is 1.76. The van der Waals surface area contributed by atoms with E-state index in [0.717, 1.165) is 27.7 Å². The van der Waals surface area contributed by atoms with Crippen molar-refractivity contribution >= 4 is 16.9 Å². The molecule has 0 spiro atoms. The van der Waals surface area contributed by atoms with E-state index in [2.05, 4.69) is 40.3 Å². The van der Waals surface area contributed by atoms with Crippen molar-refractivity contribution in [3.05, 3.63) is 36.4 Å². The van der Waals surface area contributed by atoms with Crippen LogP contribution < -0.4 is 5.32 Å². The summed E-state index contributed by atoms with van der Waals surface area (Å²) in [6, 6.07) is 2.06. The molecule has 0 atom stereocenters. The van der Waals surface area contributed by atoms with Crippen LogP contribution >= 0.6 is 0 Å². The zero-order valence-electron chi connectivity index (χ0n) is 13.6. The second-order valence-electron chi connectivity index (χ2n) is 6.21. The monoisotopic (exact) mass is 311 g/mol. The predicted octanol–water partition coefficient (Wildman–Crippen LogP) is 2.28. The summed E-state index contributed by atoms with van der Waals surface area (Å²) in [5.41, 5.74) is 3.76. The Hall–Kier alpha value is -2.63. The smallest absolute Gasteiger partial charge is 0.224 e. The molecule has 0 aliphatic rings. The van der Waals surface area contributed by atoms with E-state index < -0.39 is 0 Å². The molecule has 6 nitrogen and oxygen atoms in total. The van der Waals surface area contributed by atoms with Crippen molar-refractivity contribution in [1.82, 2.24) is 25.1 Å². The van der Waals surface area contributed by atoms with Gasteiger partial charge in [0, 0.05) is 48.7 Å². The number of pyridine rings is 1. The van der Waals surface area contributed by atoms with Gasteiger partial charge in [-0.15, -0.1) is 0 Å². The van der Waals surface area contributed by atoms with Crippen LogP contribution in [0.3, 0.4) is 0 Å². The molecule has 0 saturated heterocycles. The van der Waals surface area contributed by atoms with Crippen LogP contribution in [0, 0.1) is 5.92 Å². The number of amides is 1. The second-order valence-corrected chi connectivity index (χ2v) is 6.21. The minimum atomic E-state index is 0.0337. The highest BCUT2D eigenvalue weighted by Gasteiger charge is 2.11. The molecule has 2 N–H and O–H groups in total. The zero-order valence-corrected chi connectivity index (χ0v) is 13.6. The van der Waals surface area contributed by atoms with Gasteiger partial charge in [0.25, 0.3) is 0 Å². The maximum atomic E-state index is 12.1. The van der Waals surface area contributed by atoms with E-state index >= 15 is 0 Å². The summed E-state index contributed by atoms with van der Waals surface area (Å²) in [5, 5.41) is 8.12. The largest absolute Gasteiger partial charge is 0.356 e. The minimum Gasteiger partial charge on any atom is -0.356 e. The minimum absolute atomic E-state index is 0.0337. The van der Waals surface area contributed by atoms with Gasteiger partial charge in [0.2, 0.25) is 5.91 Å². The number of nitrogens with zero attached hydrogens (tertiary/aromatic N) is 3. The first-order valence-corrected chi connectivity index (χ1v) is 7.74. The average Bonchev–Trinajstić information content (AvgIpc) is 3.11. The molecule has 23 heavy (non-hydrogen) atoms. The van der Waals surface area contributed by atoms with Crippen molar-refractivity contribution in [2.75, 3.05) is 6.54 Å². The van der Waals surface area contributed by atoms with Crippen LogP contribution in [-0.4, -0.2) is 32.2 Å².